The number of benzene rings is 1. The van der Waals surface area contributed by atoms with Crippen molar-refractivity contribution < 1.29 is 9.13 Å². The van der Waals surface area contributed by atoms with Crippen molar-refractivity contribution in [2.75, 3.05) is 7.11 Å². The minimum absolute atomic E-state index is 0.240. The van der Waals surface area contributed by atoms with Gasteiger partial charge in [0.1, 0.15) is 17.3 Å². The van der Waals surface area contributed by atoms with Gasteiger partial charge < -0.3 is 4.74 Å². The van der Waals surface area contributed by atoms with Gasteiger partial charge in [-0.15, -0.1) is 0 Å². The van der Waals surface area contributed by atoms with E-state index in [1.165, 1.54) is 19.2 Å². The molecule has 6 heteroatoms. The topological polar surface area (TPSA) is 60.2 Å². The molecular formula is C13H13ClFN3O. The maximum Gasteiger partial charge on any atom is 0.142 e. The number of ether oxygens (including phenoxy) is 1. The number of rotatable bonds is 4. The molecule has 1 unspecified atom stereocenters. The Balaban J connectivity index is 2.57. The van der Waals surface area contributed by atoms with Gasteiger partial charge in [-0.3, -0.25) is 10.8 Å². The summed E-state index contributed by atoms with van der Waals surface area (Å²) in [5.74, 6) is 5.58. The molecule has 1 aromatic carbocycles. The summed E-state index contributed by atoms with van der Waals surface area (Å²) in [5, 5.41) is 0.274. The zero-order valence-corrected chi connectivity index (χ0v) is 11.0. The van der Waals surface area contributed by atoms with Gasteiger partial charge in [0.2, 0.25) is 0 Å². The summed E-state index contributed by atoms with van der Waals surface area (Å²) in [6.07, 6.45) is 1.58. The normalized spacial score (nSPS) is 12.2. The molecule has 0 aliphatic rings. The van der Waals surface area contributed by atoms with Crippen molar-refractivity contribution in [2.24, 2.45) is 5.84 Å². The average molecular weight is 282 g/mol. The van der Waals surface area contributed by atoms with Gasteiger partial charge in [0.25, 0.3) is 0 Å². The molecule has 1 aromatic heterocycles. The maximum atomic E-state index is 14.0. The second-order valence-corrected chi connectivity index (χ2v) is 4.23. The molecule has 19 heavy (non-hydrogen) atoms. The summed E-state index contributed by atoms with van der Waals surface area (Å²) in [4.78, 5) is 4.19. The van der Waals surface area contributed by atoms with Gasteiger partial charge in [-0.2, -0.15) is 0 Å². The minimum atomic E-state index is -0.690. The molecule has 0 aliphatic carbocycles. The lowest BCUT2D eigenvalue weighted by Gasteiger charge is -2.19. The zero-order valence-electron chi connectivity index (χ0n) is 10.2. The number of pyridine rings is 1. The number of nitrogens with zero attached hydrogens (tertiary/aromatic N) is 1. The van der Waals surface area contributed by atoms with Crippen molar-refractivity contribution in [2.45, 2.75) is 6.04 Å². The van der Waals surface area contributed by atoms with Gasteiger partial charge in [-0.25, -0.2) is 9.82 Å². The predicted molar refractivity (Wildman–Crippen MR) is 71.4 cm³/mol. The van der Waals surface area contributed by atoms with E-state index in [0.29, 0.717) is 11.4 Å². The van der Waals surface area contributed by atoms with Crippen LogP contribution in [0.4, 0.5) is 4.39 Å². The van der Waals surface area contributed by atoms with E-state index >= 15 is 0 Å². The highest BCUT2D eigenvalue weighted by Crippen LogP contribution is 2.33. The smallest absolute Gasteiger partial charge is 0.142 e. The molecule has 4 nitrogen and oxygen atoms in total. The Hall–Kier alpha value is -1.69. The maximum absolute atomic E-state index is 14.0. The molecule has 100 valence electrons. The molecule has 0 spiro atoms. The highest BCUT2D eigenvalue weighted by atomic mass is 35.5. The molecule has 1 atom stereocenters. The lowest BCUT2D eigenvalue weighted by atomic mass is 10.0. The van der Waals surface area contributed by atoms with E-state index in [2.05, 4.69) is 10.4 Å². The summed E-state index contributed by atoms with van der Waals surface area (Å²) in [6.45, 7) is 0. The molecule has 0 saturated carbocycles. The Morgan fingerprint density at radius 2 is 2.16 bits per heavy atom. The molecule has 0 saturated heterocycles. The second-order valence-electron chi connectivity index (χ2n) is 3.83. The van der Waals surface area contributed by atoms with Crippen molar-refractivity contribution in [3.8, 4) is 5.75 Å². The average Bonchev–Trinajstić information content (AvgIpc) is 2.43. The number of aromatic nitrogens is 1. The number of hydrazine groups is 1. The SMILES string of the molecule is COc1cccnc1C(NN)c1c(F)cccc1Cl. The predicted octanol–water partition coefficient (Wildman–Crippen LogP) is 2.44. The molecule has 0 aliphatic heterocycles. The first-order valence-electron chi connectivity index (χ1n) is 5.58. The summed E-state index contributed by atoms with van der Waals surface area (Å²) in [6, 6.07) is 7.20. The summed E-state index contributed by atoms with van der Waals surface area (Å²) >= 11 is 6.04. The van der Waals surface area contributed by atoms with Crippen molar-refractivity contribution in [1.82, 2.24) is 10.4 Å². The monoisotopic (exact) mass is 281 g/mol. The van der Waals surface area contributed by atoms with Crippen molar-refractivity contribution in [1.29, 1.82) is 0 Å². The molecule has 2 aromatic rings. The first-order valence-corrected chi connectivity index (χ1v) is 5.95. The van der Waals surface area contributed by atoms with E-state index in [9.17, 15) is 4.39 Å². The lowest BCUT2D eigenvalue weighted by Crippen LogP contribution is -2.30. The van der Waals surface area contributed by atoms with E-state index in [-0.39, 0.29) is 10.6 Å². The van der Waals surface area contributed by atoms with Crippen LogP contribution in [0.2, 0.25) is 5.02 Å². The third-order valence-electron chi connectivity index (χ3n) is 2.75. The molecule has 0 amide bonds. The molecular weight excluding hydrogens is 269 g/mol. The zero-order chi connectivity index (χ0) is 13.8. The number of hydrogen-bond donors (Lipinski definition) is 2. The second kappa shape index (κ2) is 5.97. The Bertz CT molecular complexity index is 559. The van der Waals surface area contributed by atoms with Crippen LogP contribution in [-0.2, 0) is 0 Å². The van der Waals surface area contributed by atoms with Crippen molar-refractivity contribution in [3.63, 3.8) is 0 Å². The quantitative estimate of drug-likeness (QED) is 0.667. The van der Waals surface area contributed by atoms with Gasteiger partial charge >= 0.3 is 0 Å². The molecule has 2 rings (SSSR count). The van der Waals surface area contributed by atoms with Crippen LogP contribution in [0.3, 0.4) is 0 Å². The van der Waals surface area contributed by atoms with Crippen LogP contribution in [0, 0.1) is 5.82 Å². The Labute approximate surface area is 115 Å². The fourth-order valence-corrected chi connectivity index (χ4v) is 2.15. The summed E-state index contributed by atoms with van der Waals surface area (Å²) in [7, 11) is 1.51. The van der Waals surface area contributed by atoms with Gasteiger partial charge in [0.05, 0.1) is 13.2 Å². The number of hydrogen-bond acceptors (Lipinski definition) is 4. The molecule has 1 heterocycles. The van der Waals surface area contributed by atoms with E-state index in [1.807, 2.05) is 0 Å². The first-order chi connectivity index (χ1) is 9.19. The van der Waals surface area contributed by atoms with Crippen molar-refractivity contribution in [3.05, 3.63) is 58.6 Å². The molecule has 0 radical (unpaired) electrons. The van der Waals surface area contributed by atoms with Gasteiger partial charge in [0, 0.05) is 16.8 Å². The molecule has 0 fully saturated rings. The third-order valence-corrected chi connectivity index (χ3v) is 3.08. The van der Waals surface area contributed by atoms with Gasteiger partial charge in [-0.05, 0) is 24.3 Å². The summed E-state index contributed by atoms with van der Waals surface area (Å²) < 4.78 is 19.2. The fourth-order valence-electron chi connectivity index (χ4n) is 1.88. The van der Waals surface area contributed by atoms with Crippen LogP contribution in [-0.4, -0.2) is 12.1 Å². The van der Waals surface area contributed by atoms with Crippen LogP contribution in [0.25, 0.3) is 0 Å². The van der Waals surface area contributed by atoms with Crippen molar-refractivity contribution >= 4 is 11.6 Å². The van der Waals surface area contributed by atoms with Gasteiger partial charge in [0.15, 0.2) is 0 Å². The standard InChI is InChI=1S/C13H13ClFN3O/c1-19-10-6-3-7-17-12(10)13(18-16)11-8(14)4-2-5-9(11)15/h2-7,13,18H,16H2,1H3. The number of halogens is 2. The minimum Gasteiger partial charge on any atom is -0.495 e. The van der Waals surface area contributed by atoms with Crippen LogP contribution < -0.4 is 16.0 Å². The van der Waals surface area contributed by atoms with Crippen LogP contribution >= 0.6 is 11.6 Å². The van der Waals surface area contributed by atoms with Crippen LogP contribution in [0.15, 0.2) is 36.5 Å². The van der Waals surface area contributed by atoms with Crippen LogP contribution in [0.1, 0.15) is 17.3 Å². The molecule has 3 N–H and O–H groups in total. The van der Waals surface area contributed by atoms with Gasteiger partial charge in [-0.1, -0.05) is 17.7 Å². The number of nitrogens with one attached hydrogen (secondary N) is 1. The highest BCUT2D eigenvalue weighted by molar-refractivity contribution is 6.31. The van der Waals surface area contributed by atoms with E-state index in [0.717, 1.165) is 0 Å². The number of nitrogens with two attached hydrogens (primary N) is 1. The third kappa shape index (κ3) is 2.68. The Kier molecular flexibility index (Phi) is 4.31. The largest absolute Gasteiger partial charge is 0.495 e. The lowest BCUT2D eigenvalue weighted by molar-refractivity contribution is 0.399. The number of methoxy groups -OCH3 is 1. The van der Waals surface area contributed by atoms with E-state index in [1.54, 1.807) is 24.4 Å². The Morgan fingerprint density at radius 1 is 1.37 bits per heavy atom. The van der Waals surface area contributed by atoms with Crippen LogP contribution in [0.5, 0.6) is 5.75 Å². The highest BCUT2D eigenvalue weighted by Gasteiger charge is 2.23. The summed E-state index contributed by atoms with van der Waals surface area (Å²) in [5.41, 5.74) is 3.24. The molecule has 0 bridgehead atoms. The Morgan fingerprint density at radius 3 is 2.79 bits per heavy atom. The first kappa shape index (κ1) is 13.7. The van der Waals surface area contributed by atoms with E-state index in [4.69, 9.17) is 22.2 Å². The fraction of sp³-hybridized carbons (Fsp3) is 0.154. The van der Waals surface area contributed by atoms with E-state index < -0.39 is 11.9 Å².